The van der Waals surface area contributed by atoms with Gasteiger partial charge >= 0.3 is 0 Å². The van der Waals surface area contributed by atoms with Gasteiger partial charge in [-0.2, -0.15) is 10.4 Å². The van der Waals surface area contributed by atoms with E-state index in [0.29, 0.717) is 12.4 Å². The van der Waals surface area contributed by atoms with Crippen LogP contribution >= 0.6 is 0 Å². The summed E-state index contributed by atoms with van der Waals surface area (Å²) in [6.07, 6.45) is 2.93. The van der Waals surface area contributed by atoms with Crippen molar-refractivity contribution in [3.8, 4) is 11.8 Å². The molecule has 1 rings (SSSR count). The van der Waals surface area contributed by atoms with Gasteiger partial charge < -0.3 is 4.74 Å². The predicted octanol–water partition coefficient (Wildman–Crippen LogP) is 1.62. The second-order valence-corrected chi connectivity index (χ2v) is 3.30. The van der Waals surface area contributed by atoms with Crippen LogP contribution in [0.2, 0.25) is 0 Å². The number of nitriles is 1. The van der Waals surface area contributed by atoms with E-state index in [1.165, 1.54) is 6.21 Å². The van der Waals surface area contributed by atoms with Gasteiger partial charge in [0.25, 0.3) is 5.91 Å². The van der Waals surface area contributed by atoms with Crippen LogP contribution in [0.25, 0.3) is 0 Å². The quantitative estimate of drug-likeness (QED) is 0.468. The largest absolute Gasteiger partial charge is 0.490 e. The van der Waals surface area contributed by atoms with E-state index in [9.17, 15) is 4.79 Å². The van der Waals surface area contributed by atoms with Gasteiger partial charge in [0.15, 0.2) is 0 Å². The minimum atomic E-state index is -0.437. The van der Waals surface area contributed by atoms with Gasteiger partial charge in [0.05, 0.1) is 12.3 Å². The Kier molecular flexibility index (Phi) is 5.70. The lowest BCUT2D eigenvalue weighted by atomic mass is 10.2. The third-order valence-corrected chi connectivity index (χ3v) is 1.87. The number of carbonyl (C=O) groups excluding carboxylic acids is 1. The number of nitrogens with zero attached hydrogens (tertiary/aromatic N) is 2. The van der Waals surface area contributed by atoms with Crippen LogP contribution in [0.3, 0.4) is 0 Å². The topological polar surface area (TPSA) is 74.5 Å². The van der Waals surface area contributed by atoms with Crippen molar-refractivity contribution in [3.63, 3.8) is 0 Å². The lowest BCUT2D eigenvalue weighted by Crippen LogP contribution is -2.16. The molecule has 5 nitrogen and oxygen atoms in total. The van der Waals surface area contributed by atoms with Gasteiger partial charge in [0.2, 0.25) is 0 Å². The second-order valence-electron chi connectivity index (χ2n) is 3.30. The molecule has 1 amide bonds. The van der Waals surface area contributed by atoms with Crippen LogP contribution in [0.4, 0.5) is 0 Å². The zero-order valence-electron chi connectivity index (χ0n) is 9.80. The molecule has 1 aromatic rings. The van der Waals surface area contributed by atoms with E-state index in [1.54, 1.807) is 18.2 Å². The number of hydrogen-bond donors (Lipinski definition) is 1. The molecule has 18 heavy (non-hydrogen) atoms. The molecule has 0 aliphatic carbocycles. The summed E-state index contributed by atoms with van der Waals surface area (Å²) in [5.41, 5.74) is 3.03. The molecule has 0 atom stereocenters. The maximum atomic E-state index is 11.0. The van der Waals surface area contributed by atoms with Crippen molar-refractivity contribution in [1.29, 1.82) is 5.26 Å². The van der Waals surface area contributed by atoms with Gasteiger partial charge in [-0.15, -0.1) is 0 Å². The van der Waals surface area contributed by atoms with Crippen molar-refractivity contribution in [2.75, 3.05) is 6.61 Å². The first-order valence-electron chi connectivity index (χ1n) is 5.29. The van der Waals surface area contributed by atoms with Gasteiger partial charge in [-0.25, -0.2) is 5.43 Å². The summed E-state index contributed by atoms with van der Waals surface area (Å²) in [5.74, 6) is 0.259. The Morgan fingerprint density at radius 1 is 1.61 bits per heavy atom. The van der Waals surface area contributed by atoms with Crippen LogP contribution in [0.1, 0.15) is 12.0 Å². The van der Waals surface area contributed by atoms with Crippen molar-refractivity contribution < 1.29 is 9.53 Å². The normalized spacial score (nSPS) is 9.72. The van der Waals surface area contributed by atoms with Crippen molar-refractivity contribution in [2.24, 2.45) is 5.10 Å². The van der Waals surface area contributed by atoms with Crippen molar-refractivity contribution in [1.82, 2.24) is 5.43 Å². The smallest absolute Gasteiger partial charge is 0.254 e. The minimum Gasteiger partial charge on any atom is -0.490 e. The molecular weight excluding hydrogens is 230 g/mol. The van der Waals surface area contributed by atoms with Crippen LogP contribution in [0, 0.1) is 11.3 Å². The summed E-state index contributed by atoms with van der Waals surface area (Å²) in [7, 11) is 0. The van der Waals surface area contributed by atoms with Crippen LogP contribution in [0.5, 0.6) is 5.75 Å². The summed E-state index contributed by atoms with van der Waals surface area (Å²) >= 11 is 0. The Morgan fingerprint density at radius 3 is 3.17 bits per heavy atom. The van der Waals surface area contributed by atoms with Crippen LogP contribution < -0.4 is 10.2 Å². The average Bonchev–Trinajstić information content (AvgIpc) is 2.37. The number of rotatable bonds is 6. The maximum Gasteiger partial charge on any atom is 0.254 e. The molecule has 0 bridgehead atoms. The molecule has 0 heterocycles. The molecular formula is C13H13N3O2. The monoisotopic (exact) mass is 243 g/mol. The molecule has 0 saturated heterocycles. The fourth-order valence-electron chi connectivity index (χ4n) is 1.13. The Balaban J connectivity index is 2.56. The summed E-state index contributed by atoms with van der Waals surface area (Å²) < 4.78 is 5.35. The zero-order chi connectivity index (χ0) is 13.2. The van der Waals surface area contributed by atoms with Crippen molar-refractivity contribution in [2.45, 2.75) is 6.42 Å². The highest BCUT2D eigenvalue weighted by atomic mass is 16.5. The molecule has 0 aliphatic heterocycles. The number of benzene rings is 1. The van der Waals surface area contributed by atoms with E-state index < -0.39 is 5.91 Å². The Bertz CT molecular complexity index is 489. The van der Waals surface area contributed by atoms with E-state index in [2.05, 4.69) is 17.1 Å². The van der Waals surface area contributed by atoms with Crippen molar-refractivity contribution >= 4 is 12.1 Å². The molecule has 0 unspecified atom stereocenters. The Labute approximate surface area is 105 Å². The van der Waals surface area contributed by atoms with E-state index in [4.69, 9.17) is 10.00 Å². The molecule has 92 valence electrons. The number of hydrogen-bond acceptors (Lipinski definition) is 4. The average molecular weight is 243 g/mol. The first kappa shape index (κ1) is 13.5. The fraction of sp³-hybridized carbons (Fsp3) is 0.154. The third kappa shape index (κ3) is 4.94. The molecule has 1 N–H and O–H groups in total. The van der Waals surface area contributed by atoms with Gasteiger partial charge in [0.1, 0.15) is 18.8 Å². The number of ether oxygens (including phenoxy) is 1. The first-order chi connectivity index (χ1) is 8.76. The number of nitrogens with one attached hydrogen (secondary N) is 1. The van der Waals surface area contributed by atoms with Gasteiger partial charge in [0, 0.05) is 0 Å². The molecule has 5 heteroatoms. The Hall–Kier alpha value is -2.61. The lowest BCUT2D eigenvalue weighted by molar-refractivity contribution is -0.120. The summed E-state index contributed by atoms with van der Waals surface area (Å²) in [4.78, 5) is 11.0. The Morgan fingerprint density at radius 2 is 2.44 bits per heavy atom. The molecule has 0 spiro atoms. The van der Waals surface area contributed by atoms with Gasteiger partial charge in [-0.05, 0) is 17.7 Å². The number of carbonyl (C=O) groups is 1. The number of amides is 1. The molecule has 0 radical (unpaired) electrons. The highest BCUT2D eigenvalue weighted by Gasteiger charge is 1.96. The van der Waals surface area contributed by atoms with Crippen LogP contribution in [-0.4, -0.2) is 18.7 Å². The first-order valence-corrected chi connectivity index (χ1v) is 5.29. The lowest BCUT2D eigenvalue weighted by Gasteiger charge is -2.03. The van der Waals surface area contributed by atoms with Crippen LogP contribution in [-0.2, 0) is 4.79 Å². The number of hydrazone groups is 1. The van der Waals surface area contributed by atoms with Gasteiger partial charge in [-0.1, -0.05) is 24.8 Å². The third-order valence-electron chi connectivity index (χ3n) is 1.87. The molecule has 0 fully saturated rings. The van der Waals surface area contributed by atoms with Gasteiger partial charge in [-0.3, -0.25) is 4.79 Å². The summed E-state index contributed by atoms with van der Waals surface area (Å²) in [6, 6.07) is 8.97. The zero-order valence-corrected chi connectivity index (χ0v) is 9.80. The molecule has 0 aromatic heterocycles. The highest BCUT2D eigenvalue weighted by molar-refractivity contribution is 5.83. The summed E-state index contributed by atoms with van der Waals surface area (Å²) in [6.45, 7) is 3.99. The molecule has 1 aromatic carbocycles. The summed E-state index contributed by atoms with van der Waals surface area (Å²) in [5, 5.41) is 12.0. The van der Waals surface area contributed by atoms with Crippen LogP contribution in [0.15, 0.2) is 42.0 Å². The van der Waals surface area contributed by atoms with E-state index >= 15 is 0 Å². The molecule has 0 aliphatic rings. The maximum absolute atomic E-state index is 11.0. The van der Waals surface area contributed by atoms with E-state index in [1.807, 2.05) is 18.2 Å². The molecule has 0 saturated carbocycles. The van der Waals surface area contributed by atoms with E-state index in [0.717, 1.165) is 5.56 Å². The predicted molar refractivity (Wildman–Crippen MR) is 68.1 cm³/mol. The second kappa shape index (κ2) is 7.63. The minimum absolute atomic E-state index is 0.209. The van der Waals surface area contributed by atoms with E-state index in [-0.39, 0.29) is 6.42 Å². The SMILES string of the molecule is C=CCOc1cccc(/C=N\NC(=O)CC#N)c1. The fourth-order valence-corrected chi connectivity index (χ4v) is 1.13. The van der Waals surface area contributed by atoms with Crippen molar-refractivity contribution in [3.05, 3.63) is 42.5 Å². The standard InChI is InChI=1S/C13H13N3O2/c1-2-8-18-12-5-3-4-11(9-12)10-15-16-13(17)6-7-14/h2-5,9-10H,1,6,8H2,(H,16,17)/b15-10-. The highest BCUT2D eigenvalue weighted by Crippen LogP contribution is 2.11.